The van der Waals surface area contributed by atoms with Crippen molar-refractivity contribution >= 4 is 5.69 Å². The molecule has 4 aliphatic rings. The number of anilines is 1. The smallest absolute Gasteiger partial charge is 0.167 e. The van der Waals surface area contributed by atoms with E-state index in [2.05, 4.69) is 11.2 Å². The summed E-state index contributed by atoms with van der Waals surface area (Å²) in [5, 5.41) is 15.1. The van der Waals surface area contributed by atoms with E-state index in [0.29, 0.717) is 5.75 Å². The fourth-order valence-corrected chi connectivity index (χ4v) is 6.76. The first-order valence-electron chi connectivity index (χ1n) is 10.7. The summed E-state index contributed by atoms with van der Waals surface area (Å²) in [6.07, 6.45) is 7.87. The fourth-order valence-electron chi connectivity index (χ4n) is 6.76. The van der Waals surface area contributed by atoms with Gasteiger partial charge in [0.1, 0.15) is 11.4 Å². The van der Waals surface area contributed by atoms with Gasteiger partial charge in [-0.3, -0.25) is 0 Å². The van der Waals surface area contributed by atoms with Crippen LogP contribution in [0.1, 0.15) is 44.1 Å². The molecule has 4 saturated carbocycles. The molecule has 3 N–H and O–H groups in total. The van der Waals surface area contributed by atoms with Crippen molar-refractivity contribution in [1.82, 2.24) is 5.16 Å². The summed E-state index contributed by atoms with van der Waals surface area (Å²) in [5.41, 5.74) is 10.6. The van der Waals surface area contributed by atoms with E-state index in [-0.39, 0.29) is 5.41 Å². The molecular formula is C25H26N2O2. The van der Waals surface area contributed by atoms with Crippen LogP contribution in [0, 0.1) is 17.8 Å². The Bertz CT molecular complexity index is 1030. The molecule has 4 nitrogen and oxygen atoms in total. The zero-order valence-electron chi connectivity index (χ0n) is 16.5. The van der Waals surface area contributed by atoms with Crippen molar-refractivity contribution in [3.63, 3.8) is 0 Å². The zero-order chi connectivity index (χ0) is 19.6. The lowest BCUT2D eigenvalue weighted by Gasteiger charge is -2.57. The highest BCUT2D eigenvalue weighted by molar-refractivity contribution is 5.69. The van der Waals surface area contributed by atoms with Gasteiger partial charge in [-0.05, 0) is 104 Å². The van der Waals surface area contributed by atoms with Crippen LogP contribution in [0.3, 0.4) is 0 Å². The number of nitrogens with zero attached hydrogens (tertiary/aromatic N) is 1. The standard InChI is InChI=1S/C25H26N2O2/c26-20-4-1-18(2-5-20)24-11-22(27-29-24)19-3-6-23(28)21(10-19)25-12-15-7-16(13-25)9-17(8-15)14-25/h1-6,10-11,15-17,28H,7-9,12-14,26H2. The minimum absolute atomic E-state index is 0.151. The summed E-state index contributed by atoms with van der Waals surface area (Å²) in [6.45, 7) is 0. The van der Waals surface area contributed by atoms with Crippen LogP contribution >= 0.6 is 0 Å². The van der Waals surface area contributed by atoms with E-state index in [1.165, 1.54) is 38.5 Å². The second-order valence-corrected chi connectivity index (χ2v) is 9.63. The van der Waals surface area contributed by atoms with Crippen molar-refractivity contribution in [2.75, 3.05) is 5.73 Å². The van der Waals surface area contributed by atoms with E-state index in [0.717, 1.165) is 51.6 Å². The fraction of sp³-hybridized carbons (Fsp3) is 0.400. The van der Waals surface area contributed by atoms with E-state index < -0.39 is 0 Å². The number of aromatic hydroxyl groups is 1. The van der Waals surface area contributed by atoms with Gasteiger partial charge in [0.25, 0.3) is 0 Å². The average molecular weight is 386 g/mol. The molecule has 4 bridgehead atoms. The normalized spacial score (nSPS) is 30.0. The molecule has 1 aromatic heterocycles. The third-order valence-corrected chi connectivity index (χ3v) is 7.61. The third-order valence-electron chi connectivity index (χ3n) is 7.61. The van der Waals surface area contributed by atoms with E-state index in [1.54, 1.807) is 0 Å². The second kappa shape index (κ2) is 6.12. The lowest BCUT2D eigenvalue weighted by atomic mass is 9.48. The summed E-state index contributed by atoms with van der Waals surface area (Å²) in [6, 6.07) is 15.6. The Morgan fingerprint density at radius 1 is 0.862 bits per heavy atom. The highest BCUT2D eigenvalue weighted by Crippen LogP contribution is 2.62. The maximum atomic E-state index is 10.8. The van der Waals surface area contributed by atoms with Crippen LogP contribution in [-0.4, -0.2) is 10.3 Å². The molecule has 0 unspecified atom stereocenters. The molecule has 4 heteroatoms. The molecule has 0 radical (unpaired) electrons. The number of rotatable bonds is 3. The monoisotopic (exact) mass is 386 g/mol. The second-order valence-electron chi connectivity index (χ2n) is 9.63. The molecule has 148 valence electrons. The highest BCUT2D eigenvalue weighted by atomic mass is 16.5. The maximum absolute atomic E-state index is 10.8. The number of hydrogen-bond donors (Lipinski definition) is 2. The first-order chi connectivity index (χ1) is 14.1. The molecule has 7 rings (SSSR count). The summed E-state index contributed by atoms with van der Waals surface area (Å²) in [5.74, 6) is 3.69. The van der Waals surface area contributed by atoms with Crippen molar-refractivity contribution in [1.29, 1.82) is 0 Å². The number of hydrogen-bond acceptors (Lipinski definition) is 4. The Labute approximate surface area is 170 Å². The summed E-state index contributed by atoms with van der Waals surface area (Å²) in [4.78, 5) is 0. The highest BCUT2D eigenvalue weighted by Gasteiger charge is 2.52. The lowest BCUT2D eigenvalue weighted by Crippen LogP contribution is -2.48. The number of phenolic OH excluding ortho intramolecular Hbond substituents is 1. The minimum atomic E-state index is 0.151. The van der Waals surface area contributed by atoms with Crippen molar-refractivity contribution in [3.8, 4) is 28.3 Å². The Morgan fingerprint density at radius 2 is 1.48 bits per heavy atom. The van der Waals surface area contributed by atoms with Crippen LogP contribution in [0.4, 0.5) is 5.69 Å². The molecule has 4 aliphatic carbocycles. The van der Waals surface area contributed by atoms with Crippen LogP contribution in [0.5, 0.6) is 5.75 Å². The van der Waals surface area contributed by atoms with Gasteiger partial charge in [0, 0.05) is 28.4 Å². The molecule has 4 fully saturated rings. The molecule has 3 aromatic rings. The number of nitrogens with two attached hydrogens (primary N) is 1. The summed E-state index contributed by atoms with van der Waals surface area (Å²) in [7, 11) is 0. The first kappa shape index (κ1) is 17.1. The maximum Gasteiger partial charge on any atom is 0.167 e. The Hall–Kier alpha value is -2.75. The number of aromatic nitrogens is 1. The van der Waals surface area contributed by atoms with Crippen molar-refractivity contribution in [2.24, 2.45) is 17.8 Å². The molecule has 0 spiro atoms. The number of phenols is 1. The van der Waals surface area contributed by atoms with Gasteiger partial charge in [-0.25, -0.2) is 0 Å². The van der Waals surface area contributed by atoms with Gasteiger partial charge in [0.2, 0.25) is 0 Å². The van der Waals surface area contributed by atoms with Gasteiger partial charge in [-0.15, -0.1) is 0 Å². The SMILES string of the molecule is Nc1ccc(-c2cc(-c3ccc(O)c(C45CC6CC(CC(C6)C4)C5)c3)no2)cc1. The van der Waals surface area contributed by atoms with Gasteiger partial charge in [0.05, 0.1) is 0 Å². The molecular weight excluding hydrogens is 360 g/mol. The molecule has 29 heavy (non-hydrogen) atoms. The van der Waals surface area contributed by atoms with Crippen LogP contribution < -0.4 is 5.73 Å². The molecule has 0 saturated heterocycles. The van der Waals surface area contributed by atoms with Gasteiger partial charge in [0.15, 0.2) is 5.76 Å². The van der Waals surface area contributed by atoms with Crippen LogP contribution in [0.25, 0.3) is 22.6 Å². The molecule has 2 aromatic carbocycles. The average Bonchev–Trinajstić information content (AvgIpc) is 3.18. The van der Waals surface area contributed by atoms with Gasteiger partial charge in [-0.2, -0.15) is 0 Å². The predicted molar refractivity (Wildman–Crippen MR) is 113 cm³/mol. The van der Waals surface area contributed by atoms with E-state index >= 15 is 0 Å². The Morgan fingerprint density at radius 3 is 2.14 bits per heavy atom. The predicted octanol–water partition coefficient (Wildman–Crippen LogP) is 5.76. The van der Waals surface area contributed by atoms with E-state index in [1.807, 2.05) is 42.5 Å². The Balaban J connectivity index is 1.37. The lowest BCUT2D eigenvalue weighted by molar-refractivity contribution is -0.00611. The first-order valence-corrected chi connectivity index (χ1v) is 10.7. The van der Waals surface area contributed by atoms with Crippen molar-refractivity contribution in [2.45, 2.75) is 43.9 Å². The van der Waals surface area contributed by atoms with Gasteiger partial charge < -0.3 is 15.4 Å². The summed E-state index contributed by atoms with van der Waals surface area (Å²) >= 11 is 0. The zero-order valence-corrected chi connectivity index (χ0v) is 16.5. The quantitative estimate of drug-likeness (QED) is 0.561. The third kappa shape index (κ3) is 2.77. The van der Waals surface area contributed by atoms with Crippen molar-refractivity contribution in [3.05, 3.63) is 54.1 Å². The molecule has 0 atom stereocenters. The van der Waals surface area contributed by atoms with Gasteiger partial charge in [-0.1, -0.05) is 5.16 Å². The molecule has 0 amide bonds. The van der Waals surface area contributed by atoms with Crippen LogP contribution in [-0.2, 0) is 5.41 Å². The Kier molecular flexibility index (Phi) is 3.62. The topological polar surface area (TPSA) is 72.3 Å². The van der Waals surface area contributed by atoms with E-state index in [9.17, 15) is 5.11 Å². The van der Waals surface area contributed by atoms with E-state index in [4.69, 9.17) is 10.3 Å². The number of benzene rings is 2. The number of nitrogen functional groups attached to an aromatic ring is 1. The summed E-state index contributed by atoms with van der Waals surface area (Å²) < 4.78 is 5.61. The minimum Gasteiger partial charge on any atom is -0.508 e. The van der Waals surface area contributed by atoms with Crippen LogP contribution in [0.2, 0.25) is 0 Å². The van der Waals surface area contributed by atoms with Gasteiger partial charge >= 0.3 is 0 Å². The van der Waals surface area contributed by atoms with Crippen LogP contribution in [0.15, 0.2) is 53.1 Å². The molecule has 1 heterocycles. The van der Waals surface area contributed by atoms with Crippen molar-refractivity contribution < 1.29 is 9.63 Å². The largest absolute Gasteiger partial charge is 0.508 e. The molecule has 0 aliphatic heterocycles.